The average molecular weight is 399 g/mol. The molecule has 0 spiro atoms. The molecule has 0 bridgehead atoms. The van der Waals surface area contributed by atoms with E-state index in [1.807, 2.05) is 24.3 Å². The van der Waals surface area contributed by atoms with Crippen molar-refractivity contribution in [2.75, 3.05) is 13.2 Å². The molecule has 0 atom stereocenters. The van der Waals surface area contributed by atoms with Crippen molar-refractivity contribution >= 4 is 23.9 Å². The number of hydrogen-bond acceptors (Lipinski definition) is 7. The largest absolute Gasteiger partial charge is 0.493 e. The van der Waals surface area contributed by atoms with E-state index in [0.29, 0.717) is 12.4 Å². The number of amides is 3. The summed E-state index contributed by atoms with van der Waals surface area (Å²) in [5.74, 6) is 1.83. The number of ether oxygens (including phenoxy) is 1. The lowest BCUT2D eigenvalue weighted by molar-refractivity contribution is -0.118. The number of carbonyl (C=O) groups excluding carboxylic acids is 2. The Morgan fingerprint density at radius 3 is 2.79 bits per heavy atom. The molecular weight excluding hydrogens is 378 g/mol. The third-order valence-corrected chi connectivity index (χ3v) is 5.19. The second kappa shape index (κ2) is 8.57. The Labute approximate surface area is 167 Å². The Balaban J connectivity index is 1.23. The van der Waals surface area contributed by atoms with Gasteiger partial charge in [-0.2, -0.15) is 0 Å². The highest BCUT2D eigenvalue weighted by Crippen LogP contribution is 2.30. The van der Waals surface area contributed by atoms with Gasteiger partial charge in [0.15, 0.2) is 0 Å². The smallest absolute Gasteiger partial charge is 0.324 e. The van der Waals surface area contributed by atoms with Gasteiger partial charge in [0.2, 0.25) is 5.91 Å². The van der Waals surface area contributed by atoms with E-state index in [1.165, 1.54) is 29.7 Å². The Morgan fingerprint density at radius 2 is 2.07 bits per heavy atom. The van der Waals surface area contributed by atoms with Crippen LogP contribution < -0.4 is 14.8 Å². The van der Waals surface area contributed by atoms with Gasteiger partial charge in [0.05, 0.1) is 13.2 Å². The molecule has 1 aliphatic heterocycles. The molecule has 0 radical (unpaired) electrons. The van der Waals surface area contributed by atoms with Crippen LogP contribution in [-0.2, 0) is 17.9 Å². The molecule has 2 aromatic rings. The van der Waals surface area contributed by atoms with Crippen molar-refractivity contribution in [3.8, 4) is 5.75 Å². The molecule has 1 saturated heterocycles. The van der Waals surface area contributed by atoms with Crippen molar-refractivity contribution in [1.82, 2.24) is 24.9 Å². The molecule has 0 unspecified atom stereocenters. The maximum atomic E-state index is 11.6. The quantitative estimate of drug-likeness (QED) is 0.492. The predicted octanol–water partition coefficient (Wildman–Crippen LogP) is 2.11. The van der Waals surface area contributed by atoms with Crippen LogP contribution in [0.5, 0.6) is 5.75 Å². The monoisotopic (exact) mass is 399 g/mol. The maximum absolute atomic E-state index is 11.6. The Kier molecular flexibility index (Phi) is 5.73. The van der Waals surface area contributed by atoms with Gasteiger partial charge in [0, 0.05) is 29.4 Å². The molecule has 146 valence electrons. The lowest BCUT2D eigenvalue weighted by atomic mass is 10.3. The van der Waals surface area contributed by atoms with Crippen molar-refractivity contribution in [1.29, 1.82) is 0 Å². The van der Waals surface area contributed by atoms with Gasteiger partial charge in [-0.1, -0.05) is 6.07 Å². The zero-order valence-electron chi connectivity index (χ0n) is 15.3. The Bertz CT molecular complexity index is 857. The zero-order valence-corrected chi connectivity index (χ0v) is 16.1. The highest BCUT2D eigenvalue weighted by Gasteiger charge is 2.27. The molecule has 1 saturated carbocycles. The van der Waals surface area contributed by atoms with E-state index in [2.05, 4.69) is 20.0 Å². The molecule has 1 aromatic heterocycles. The summed E-state index contributed by atoms with van der Waals surface area (Å²) in [6.45, 7) is 1.67. The summed E-state index contributed by atoms with van der Waals surface area (Å²) in [7, 11) is 0. The minimum absolute atomic E-state index is 0.0472. The first-order valence-electron chi connectivity index (χ1n) is 9.17. The summed E-state index contributed by atoms with van der Waals surface area (Å²) in [5, 5.41) is 2.23. The van der Waals surface area contributed by atoms with Gasteiger partial charge in [-0.05, 0) is 48.9 Å². The Hall–Kier alpha value is -2.65. The second-order valence-electron chi connectivity index (χ2n) is 6.87. The fourth-order valence-electron chi connectivity index (χ4n) is 2.66. The van der Waals surface area contributed by atoms with Crippen LogP contribution in [0.3, 0.4) is 0 Å². The first-order chi connectivity index (χ1) is 13.7. The number of aromatic nitrogens is 2. The number of nitrogens with zero attached hydrogens (tertiary/aromatic N) is 3. The van der Waals surface area contributed by atoms with Crippen molar-refractivity contribution in [3.05, 3.63) is 48.0 Å². The van der Waals surface area contributed by atoms with Crippen LogP contribution in [0.2, 0.25) is 0 Å². The van der Waals surface area contributed by atoms with Crippen LogP contribution in [0.15, 0.2) is 41.6 Å². The average Bonchev–Trinajstić information content (AvgIpc) is 3.46. The molecular formula is C19H21N5O3S. The lowest BCUT2D eigenvalue weighted by Gasteiger charge is -2.11. The van der Waals surface area contributed by atoms with E-state index in [-0.39, 0.29) is 19.0 Å². The van der Waals surface area contributed by atoms with Crippen LogP contribution in [0.25, 0.3) is 0 Å². The van der Waals surface area contributed by atoms with Gasteiger partial charge in [-0.3, -0.25) is 14.8 Å². The fraction of sp³-hybridized carbons (Fsp3) is 0.368. The Morgan fingerprint density at radius 1 is 1.25 bits per heavy atom. The molecule has 2 aliphatic rings. The van der Waals surface area contributed by atoms with Gasteiger partial charge >= 0.3 is 6.03 Å². The topological polar surface area (TPSA) is 96.5 Å². The predicted molar refractivity (Wildman–Crippen MR) is 103 cm³/mol. The number of nitrogens with one attached hydrogen (secondary N) is 2. The molecule has 1 aromatic carbocycles. The normalized spacial score (nSPS) is 16.4. The first-order valence-corrected chi connectivity index (χ1v) is 9.98. The summed E-state index contributed by atoms with van der Waals surface area (Å²) >= 11 is 1.53. The van der Waals surface area contributed by atoms with Gasteiger partial charge in [-0.15, -0.1) is 0 Å². The van der Waals surface area contributed by atoms with Crippen LogP contribution >= 0.6 is 11.9 Å². The third-order valence-electron chi connectivity index (χ3n) is 4.41. The molecule has 2 N–H and O–H groups in total. The summed E-state index contributed by atoms with van der Waals surface area (Å²) in [6.07, 6.45) is 6.00. The standard InChI is InChI=1S/C19H21N5O3S/c25-18-11-24(19(26)23-18)10-17-20-7-14(8-21-17)9-22-28-16-3-1-2-15(6-16)27-12-13-4-5-13/h1-3,6-8,13,22H,4-5,9-12H2,(H,23,25,26). The molecule has 2 heterocycles. The molecule has 8 nitrogen and oxygen atoms in total. The van der Waals surface area contributed by atoms with Gasteiger partial charge < -0.3 is 9.64 Å². The number of benzene rings is 1. The van der Waals surface area contributed by atoms with E-state index in [1.54, 1.807) is 12.4 Å². The van der Waals surface area contributed by atoms with E-state index in [4.69, 9.17) is 4.74 Å². The van der Waals surface area contributed by atoms with Gasteiger partial charge in [0.25, 0.3) is 0 Å². The fourth-order valence-corrected chi connectivity index (χ4v) is 3.39. The summed E-state index contributed by atoms with van der Waals surface area (Å²) < 4.78 is 9.09. The number of hydrogen-bond donors (Lipinski definition) is 2. The maximum Gasteiger partial charge on any atom is 0.324 e. The minimum Gasteiger partial charge on any atom is -0.493 e. The van der Waals surface area contributed by atoms with Crippen LogP contribution in [0.4, 0.5) is 4.79 Å². The summed E-state index contributed by atoms with van der Waals surface area (Å²) in [5.41, 5.74) is 0.930. The highest BCUT2D eigenvalue weighted by atomic mass is 32.2. The van der Waals surface area contributed by atoms with Crippen LogP contribution in [-0.4, -0.2) is 40.0 Å². The van der Waals surface area contributed by atoms with E-state index in [0.717, 1.165) is 28.7 Å². The zero-order chi connectivity index (χ0) is 19.3. The van der Waals surface area contributed by atoms with E-state index >= 15 is 0 Å². The summed E-state index contributed by atoms with van der Waals surface area (Å²) in [6, 6.07) is 7.63. The molecule has 2 fully saturated rings. The van der Waals surface area contributed by atoms with E-state index in [9.17, 15) is 9.59 Å². The number of carbonyl (C=O) groups is 2. The van der Waals surface area contributed by atoms with Crippen molar-refractivity contribution in [2.24, 2.45) is 5.92 Å². The van der Waals surface area contributed by atoms with Crippen molar-refractivity contribution in [2.45, 2.75) is 30.8 Å². The van der Waals surface area contributed by atoms with Crippen molar-refractivity contribution < 1.29 is 14.3 Å². The molecule has 3 amide bonds. The van der Waals surface area contributed by atoms with Crippen LogP contribution in [0, 0.1) is 5.92 Å². The number of rotatable bonds is 9. The highest BCUT2D eigenvalue weighted by molar-refractivity contribution is 7.97. The second-order valence-corrected chi connectivity index (χ2v) is 7.83. The van der Waals surface area contributed by atoms with Gasteiger partial charge in [-0.25, -0.2) is 14.8 Å². The molecule has 28 heavy (non-hydrogen) atoms. The SMILES string of the molecule is O=C1CN(Cc2ncc(CNSc3cccc(OCC4CC4)c3)cn2)C(=O)N1. The third kappa shape index (κ3) is 5.20. The van der Waals surface area contributed by atoms with Gasteiger partial charge in [0.1, 0.15) is 18.1 Å². The van der Waals surface area contributed by atoms with Crippen LogP contribution in [0.1, 0.15) is 24.2 Å². The number of urea groups is 1. The molecule has 4 rings (SSSR count). The lowest BCUT2D eigenvalue weighted by Crippen LogP contribution is -2.28. The van der Waals surface area contributed by atoms with Crippen molar-refractivity contribution in [3.63, 3.8) is 0 Å². The van der Waals surface area contributed by atoms with E-state index < -0.39 is 6.03 Å². The molecule has 9 heteroatoms. The first kappa shape index (κ1) is 18.7. The number of imide groups is 1. The summed E-state index contributed by atoms with van der Waals surface area (Å²) in [4.78, 5) is 33.8. The minimum atomic E-state index is -0.404. The molecule has 1 aliphatic carbocycles.